The maximum absolute atomic E-state index is 13.8. The van der Waals surface area contributed by atoms with E-state index in [1.54, 1.807) is 12.1 Å². The average Bonchev–Trinajstić information content (AvgIpc) is 2.96. The van der Waals surface area contributed by atoms with Crippen LogP contribution in [0.15, 0.2) is 18.2 Å². The molecule has 18 heavy (non-hydrogen) atoms. The van der Waals surface area contributed by atoms with Crippen LogP contribution >= 0.6 is 11.6 Å². The number of nitrogens with one attached hydrogen (secondary N) is 1. The Morgan fingerprint density at radius 3 is 2.67 bits per heavy atom. The molecule has 3 heteroatoms. The van der Waals surface area contributed by atoms with Gasteiger partial charge in [0.15, 0.2) is 0 Å². The van der Waals surface area contributed by atoms with Gasteiger partial charge in [0.2, 0.25) is 0 Å². The smallest absolute Gasteiger partial charge is 0.127 e. The van der Waals surface area contributed by atoms with Crippen molar-refractivity contribution in [3.8, 4) is 0 Å². The normalized spacial score (nSPS) is 31.2. The van der Waals surface area contributed by atoms with Gasteiger partial charge >= 0.3 is 0 Å². The molecule has 0 aliphatic heterocycles. The lowest BCUT2D eigenvalue weighted by molar-refractivity contribution is 0.346. The van der Waals surface area contributed by atoms with E-state index in [-0.39, 0.29) is 5.82 Å². The fourth-order valence-electron chi connectivity index (χ4n) is 3.54. The van der Waals surface area contributed by atoms with Crippen LogP contribution in [0.3, 0.4) is 0 Å². The fraction of sp³-hybridized carbons (Fsp3) is 0.600. The predicted octanol–water partition coefficient (Wildman–Crippen LogP) is 3.66. The fourth-order valence-corrected chi connectivity index (χ4v) is 3.78. The molecule has 2 aliphatic rings. The van der Waals surface area contributed by atoms with E-state index in [1.807, 2.05) is 7.05 Å². The summed E-state index contributed by atoms with van der Waals surface area (Å²) in [7, 11) is 1.98. The van der Waals surface area contributed by atoms with E-state index in [0.717, 1.165) is 11.8 Å². The molecule has 0 spiro atoms. The molecule has 2 fully saturated rings. The minimum absolute atomic E-state index is 0.175. The Hall–Kier alpha value is -0.600. The molecule has 1 aromatic rings. The lowest BCUT2D eigenvalue weighted by Crippen LogP contribution is -2.35. The second-order valence-corrected chi connectivity index (χ2v) is 6.19. The lowest BCUT2D eigenvalue weighted by atomic mass is 9.89. The van der Waals surface area contributed by atoms with Gasteiger partial charge in [-0.15, -0.1) is 0 Å². The molecule has 1 nitrogen and oxygen atoms in total. The van der Waals surface area contributed by atoms with Gasteiger partial charge in [0, 0.05) is 16.6 Å². The van der Waals surface area contributed by atoms with Gasteiger partial charge in [-0.3, -0.25) is 0 Å². The van der Waals surface area contributed by atoms with Gasteiger partial charge in [-0.05, 0) is 62.6 Å². The predicted molar refractivity (Wildman–Crippen MR) is 72.3 cm³/mol. The third-order valence-corrected chi connectivity index (χ3v) is 5.06. The van der Waals surface area contributed by atoms with Crippen LogP contribution in [0.1, 0.15) is 24.8 Å². The highest BCUT2D eigenvalue weighted by Gasteiger charge is 2.47. The third kappa shape index (κ3) is 2.28. The quantitative estimate of drug-likeness (QED) is 0.878. The molecule has 0 radical (unpaired) electrons. The van der Waals surface area contributed by atoms with Gasteiger partial charge in [0.05, 0.1) is 0 Å². The van der Waals surface area contributed by atoms with E-state index < -0.39 is 0 Å². The number of hydrogen-bond donors (Lipinski definition) is 1. The van der Waals surface area contributed by atoms with Crippen molar-refractivity contribution in [2.75, 3.05) is 7.05 Å². The minimum Gasteiger partial charge on any atom is -0.316 e. The highest BCUT2D eigenvalue weighted by atomic mass is 35.5. The maximum atomic E-state index is 13.8. The summed E-state index contributed by atoms with van der Waals surface area (Å²) in [5.74, 6) is 2.43. The summed E-state index contributed by atoms with van der Waals surface area (Å²) >= 11 is 6.11. The largest absolute Gasteiger partial charge is 0.316 e. The molecule has 2 saturated carbocycles. The highest BCUT2D eigenvalue weighted by Crippen LogP contribution is 2.55. The molecular weight excluding hydrogens is 249 g/mol. The molecule has 1 aromatic carbocycles. The van der Waals surface area contributed by atoms with Crippen LogP contribution in [0.25, 0.3) is 0 Å². The van der Waals surface area contributed by atoms with Crippen molar-refractivity contribution in [1.29, 1.82) is 0 Å². The number of rotatable bonds is 4. The minimum atomic E-state index is -0.175. The third-order valence-electron chi connectivity index (χ3n) is 4.71. The first-order valence-corrected chi connectivity index (χ1v) is 7.17. The van der Waals surface area contributed by atoms with Crippen LogP contribution in [0.5, 0.6) is 0 Å². The molecule has 2 aliphatic carbocycles. The van der Waals surface area contributed by atoms with Crippen LogP contribution in [-0.2, 0) is 6.42 Å². The van der Waals surface area contributed by atoms with Crippen molar-refractivity contribution in [1.82, 2.24) is 5.32 Å². The molecule has 98 valence electrons. The van der Waals surface area contributed by atoms with E-state index >= 15 is 0 Å². The van der Waals surface area contributed by atoms with E-state index in [0.29, 0.717) is 29.0 Å². The Balaban J connectivity index is 1.73. The molecule has 0 saturated heterocycles. The van der Waals surface area contributed by atoms with Gasteiger partial charge in [-0.2, -0.15) is 0 Å². The van der Waals surface area contributed by atoms with Gasteiger partial charge in [0.1, 0.15) is 5.82 Å². The van der Waals surface area contributed by atoms with Gasteiger partial charge in [0.25, 0.3) is 0 Å². The molecule has 3 unspecified atom stereocenters. The molecule has 0 aromatic heterocycles. The monoisotopic (exact) mass is 267 g/mol. The van der Waals surface area contributed by atoms with Gasteiger partial charge < -0.3 is 5.32 Å². The average molecular weight is 268 g/mol. The molecule has 3 atom stereocenters. The van der Waals surface area contributed by atoms with E-state index in [1.165, 1.54) is 25.3 Å². The van der Waals surface area contributed by atoms with Crippen molar-refractivity contribution in [3.05, 3.63) is 34.6 Å². The zero-order chi connectivity index (χ0) is 12.7. The van der Waals surface area contributed by atoms with Crippen LogP contribution in [0, 0.1) is 23.6 Å². The summed E-state index contributed by atoms with van der Waals surface area (Å²) in [6, 6.07) is 5.30. The summed E-state index contributed by atoms with van der Waals surface area (Å²) in [5.41, 5.74) is 0.666. The molecule has 0 heterocycles. The number of likely N-dealkylation sites (N-methyl/N-ethyl adjacent to an activating group) is 1. The molecule has 1 N–H and O–H groups in total. The second-order valence-electron chi connectivity index (χ2n) is 5.79. The van der Waals surface area contributed by atoms with E-state index in [9.17, 15) is 4.39 Å². The Labute approximate surface area is 113 Å². The second kappa shape index (κ2) is 4.82. The van der Waals surface area contributed by atoms with Crippen molar-refractivity contribution < 1.29 is 4.39 Å². The van der Waals surface area contributed by atoms with Gasteiger partial charge in [-0.1, -0.05) is 17.7 Å². The topological polar surface area (TPSA) is 12.0 Å². The molecule has 0 bridgehead atoms. The lowest BCUT2D eigenvalue weighted by Gasteiger charge is -2.25. The van der Waals surface area contributed by atoms with Crippen molar-refractivity contribution in [2.45, 2.75) is 31.7 Å². The Morgan fingerprint density at radius 2 is 2.06 bits per heavy atom. The van der Waals surface area contributed by atoms with Crippen LogP contribution in [0.4, 0.5) is 4.39 Å². The Morgan fingerprint density at radius 1 is 1.33 bits per heavy atom. The number of hydrogen-bond acceptors (Lipinski definition) is 1. The molecular formula is C15H19ClFN. The Bertz CT molecular complexity index is 418. The van der Waals surface area contributed by atoms with Gasteiger partial charge in [-0.25, -0.2) is 4.39 Å². The van der Waals surface area contributed by atoms with E-state index in [4.69, 9.17) is 11.6 Å². The SMILES string of the molecule is CNC(Cc1c(F)cccc1Cl)C1CC2CC2C1. The van der Waals surface area contributed by atoms with Crippen molar-refractivity contribution >= 4 is 11.6 Å². The summed E-state index contributed by atoms with van der Waals surface area (Å²) in [4.78, 5) is 0. The summed E-state index contributed by atoms with van der Waals surface area (Å²) in [6.45, 7) is 0. The number of benzene rings is 1. The van der Waals surface area contributed by atoms with Crippen molar-refractivity contribution in [2.24, 2.45) is 17.8 Å². The van der Waals surface area contributed by atoms with Crippen LogP contribution in [0.2, 0.25) is 5.02 Å². The van der Waals surface area contributed by atoms with Crippen LogP contribution in [-0.4, -0.2) is 13.1 Å². The van der Waals surface area contributed by atoms with E-state index in [2.05, 4.69) is 5.32 Å². The first-order valence-electron chi connectivity index (χ1n) is 6.79. The zero-order valence-corrected chi connectivity index (χ0v) is 11.4. The maximum Gasteiger partial charge on any atom is 0.127 e. The zero-order valence-electron chi connectivity index (χ0n) is 10.6. The Kier molecular flexibility index (Phi) is 3.33. The highest BCUT2D eigenvalue weighted by molar-refractivity contribution is 6.31. The molecule has 3 rings (SSSR count). The summed E-state index contributed by atoms with van der Waals surface area (Å²) < 4.78 is 13.8. The first-order chi connectivity index (χ1) is 8.69. The molecule has 0 amide bonds. The summed E-state index contributed by atoms with van der Waals surface area (Å²) in [6.07, 6.45) is 4.74. The number of halogens is 2. The first kappa shape index (κ1) is 12.4. The van der Waals surface area contributed by atoms with Crippen LogP contribution < -0.4 is 5.32 Å². The standard InChI is InChI=1S/C15H19ClFN/c1-18-15(11-6-9-5-10(9)7-11)8-12-13(16)3-2-4-14(12)17/h2-4,9-11,15,18H,5-8H2,1H3. The number of fused-ring (bicyclic) bond motifs is 1. The summed E-state index contributed by atoms with van der Waals surface area (Å²) in [5, 5.41) is 3.92. The van der Waals surface area contributed by atoms with Crippen molar-refractivity contribution in [3.63, 3.8) is 0 Å².